The number of hydrogen-bond donors (Lipinski definition) is 2. The zero-order chi connectivity index (χ0) is 35.1. The molecule has 0 spiro atoms. The molecule has 2 heterocycles. The number of ketones is 1. The first-order valence-electron chi connectivity index (χ1n) is 16.8. The number of likely N-dealkylation sites (N-methyl/N-ethyl adjacent to an activating group) is 2. The summed E-state index contributed by atoms with van der Waals surface area (Å²) in [5, 5.41) is 22.4. The second-order valence-electron chi connectivity index (χ2n) is 13.2. The molecular weight excluding hydrogens is 608 g/mol. The van der Waals surface area contributed by atoms with Crippen LogP contribution < -0.4 is 9.80 Å². The first-order chi connectivity index (χ1) is 22.8. The molecule has 1 saturated carbocycles. The highest BCUT2D eigenvalue weighted by Gasteiger charge is 2.44. The standard InChI is InChI=1S/C39H46N2O7/c1-9-40-27-19-17-25(36(45)47-11-3)34(43)31(27)38(5,6)29(40)21-15-23-13-14-24(33(23)42)16-22-30-39(7,8)32-28(41(30)10-2)20-18-26(35(32)44)37(46)48-12-4/h15-22,43-44H,9-14H2,1-8H3/b23-15-,24-16+,29-21-,30-22+. The van der Waals surface area contributed by atoms with E-state index in [9.17, 15) is 24.6 Å². The van der Waals surface area contributed by atoms with Gasteiger partial charge in [-0.3, -0.25) is 4.79 Å². The fraction of sp³-hybridized carbons (Fsp3) is 0.410. The number of allylic oxidation sites excluding steroid dienone is 8. The Morgan fingerprint density at radius 1 is 0.688 bits per heavy atom. The number of fused-ring (bicyclic) bond motifs is 2. The molecule has 0 amide bonds. The number of phenols is 2. The molecule has 0 atom stereocenters. The number of aromatic hydroxyl groups is 2. The Kier molecular flexibility index (Phi) is 9.37. The van der Waals surface area contributed by atoms with E-state index in [0.29, 0.717) is 48.2 Å². The molecule has 0 radical (unpaired) electrons. The summed E-state index contributed by atoms with van der Waals surface area (Å²) in [7, 11) is 0. The Morgan fingerprint density at radius 3 is 1.40 bits per heavy atom. The van der Waals surface area contributed by atoms with Crippen LogP contribution in [0.5, 0.6) is 11.5 Å². The SMILES string of the molecule is CCOC(=O)c1ccc2c(c1O)C(C)(C)/C(=C/C=C1/CC/C(=C\C=C3\N(CC)c4ccc(C(=O)OCC)c(O)c4C3(C)C)C1=O)N2CC. The number of esters is 2. The number of rotatable bonds is 8. The van der Waals surface area contributed by atoms with Crippen molar-refractivity contribution >= 4 is 29.1 Å². The van der Waals surface area contributed by atoms with E-state index in [1.807, 2.05) is 78.0 Å². The number of anilines is 2. The number of ether oxygens (including phenoxy) is 2. The molecule has 48 heavy (non-hydrogen) atoms. The summed E-state index contributed by atoms with van der Waals surface area (Å²) in [6, 6.07) is 6.89. The molecule has 2 aromatic rings. The third-order valence-electron chi connectivity index (χ3n) is 9.76. The molecule has 2 aromatic carbocycles. The monoisotopic (exact) mass is 654 g/mol. The summed E-state index contributed by atoms with van der Waals surface area (Å²) >= 11 is 0. The Bertz CT molecular complexity index is 1680. The minimum Gasteiger partial charge on any atom is -0.507 e. The molecule has 3 aliphatic rings. The molecule has 1 aliphatic carbocycles. The molecular formula is C39H46N2O7. The summed E-state index contributed by atoms with van der Waals surface area (Å²) in [5.74, 6) is -1.30. The van der Waals surface area contributed by atoms with Crippen molar-refractivity contribution in [3.63, 3.8) is 0 Å². The first kappa shape index (κ1) is 34.5. The van der Waals surface area contributed by atoms with E-state index in [-0.39, 0.29) is 41.6 Å². The van der Waals surface area contributed by atoms with Crippen LogP contribution >= 0.6 is 0 Å². The number of benzene rings is 2. The molecule has 2 aliphatic heterocycles. The maximum atomic E-state index is 13.6. The van der Waals surface area contributed by atoms with E-state index >= 15 is 0 Å². The van der Waals surface area contributed by atoms with Gasteiger partial charge in [-0.15, -0.1) is 0 Å². The quantitative estimate of drug-likeness (QED) is 0.222. The Labute approximate surface area is 282 Å². The maximum absolute atomic E-state index is 13.6. The summed E-state index contributed by atoms with van der Waals surface area (Å²) in [4.78, 5) is 42.9. The Hall–Kier alpha value is -4.79. The summed E-state index contributed by atoms with van der Waals surface area (Å²) in [6.45, 7) is 17.2. The smallest absolute Gasteiger partial charge is 0.341 e. The molecule has 2 N–H and O–H groups in total. The van der Waals surface area contributed by atoms with Gasteiger partial charge in [0.15, 0.2) is 5.78 Å². The summed E-state index contributed by atoms with van der Waals surface area (Å²) in [6.07, 6.45) is 8.88. The maximum Gasteiger partial charge on any atom is 0.341 e. The van der Waals surface area contributed by atoms with Crippen LogP contribution in [0.15, 0.2) is 71.1 Å². The van der Waals surface area contributed by atoms with Crippen LogP contribution in [-0.2, 0) is 25.1 Å². The van der Waals surface area contributed by atoms with Gasteiger partial charge < -0.3 is 29.5 Å². The molecule has 9 heteroatoms. The van der Waals surface area contributed by atoms with Crippen molar-refractivity contribution in [3.05, 3.63) is 93.4 Å². The van der Waals surface area contributed by atoms with Crippen molar-refractivity contribution in [3.8, 4) is 11.5 Å². The predicted molar refractivity (Wildman–Crippen MR) is 187 cm³/mol. The number of carbonyl (C=O) groups excluding carboxylic acids is 3. The van der Waals surface area contributed by atoms with E-state index in [2.05, 4.69) is 9.80 Å². The summed E-state index contributed by atoms with van der Waals surface area (Å²) in [5.41, 5.74) is 5.20. The summed E-state index contributed by atoms with van der Waals surface area (Å²) < 4.78 is 10.3. The molecule has 0 bridgehead atoms. The molecule has 0 aromatic heterocycles. The second-order valence-corrected chi connectivity index (χ2v) is 13.2. The predicted octanol–water partition coefficient (Wildman–Crippen LogP) is 7.37. The molecule has 0 saturated heterocycles. The van der Waals surface area contributed by atoms with Gasteiger partial charge in [0.1, 0.15) is 22.6 Å². The van der Waals surface area contributed by atoms with Crippen molar-refractivity contribution < 1.29 is 34.1 Å². The van der Waals surface area contributed by atoms with Crippen molar-refractivity contribution in [2.75, 3.05) is 36.1 Å². The first-order valence-corrected chi connectivity index (χ1v) is 16.8. The van der Waals surface area contributed by atoms with Gasteiger partial charge >= 0.3 is 11.9 Å². The van der Waals surface area contributed by atoms with Gasteiger partial charge in [0.2, 0.25) is 0 Å². The van der Waals surface area contributed by atoms with Crippen LogP contribution in [-0.4, -0.2) is 54.2 Å². The zero-order valence-electron chi connectivity index (χ0n) is 29.2. The van der Waals surface area contributed by atoms with Gasteiger partial charge in [0.05, 0.1) is 13.2 Å². The third kappa shape index (κ3) is 5.49. The molecule has 1 fully saturated rings. The Morgan fingerprint density at radius 2 is 1.06 bits per heavy atom. The minimum atomic E-state index is -0.634. The van der Waals surface area contributed by atoms with Crippen molar-refractivity contribution in [2.45, 2.75) is 79.1 Å². The number of Topliss-reactive ketones (excluding diaryl/α,β-unsaturated/α-hetero) is 1. The number of phenolic OH excluding ortho intramolecular Hbond substituents is 2. The van der Waals surface area contributed by atoms with Crippen molar-refractivity contribution in [2.24, 2.45) is 0 Å². The van der Waals surface area contributed by atoms with Crippen LogP contribution in [0.25, 0.3) is 0 Å². The zero-order valence-corrected chi connectivity index (χ0v) is 29.2. The average Bonchev–Trinajstić information content (AvgIpc) is 3.58. The third-order valence-corrected chi connectivity index (χ3v) is 9.76. The van der Waals surface area contributed by atoms with Crippen LogP contribution in [0.4, 0.5) is 11.4 Å². The van der Waals surface area contributed by atoms with Crippen LogP contribution in [0.3, 0.4) is 0 Å². The van der Waals surface area contributed by atoms with Crippen LogP contribution in [0.1, 0.15) is 100 Å². The normalized spacial score (nSPS) is 21.0. The lowest BCUT2D eigenvalue weighted by Crippen LogP contribution is -2.26. The highest BCUT2D eigenvalue weighted by atomic mass is 16.5. The number of carbonyl (C=O) groups is 3. The molecule has 254 valence electrons. The molecule has 5 rings (SSSR count). The van der Waals surface area contributed by atoms with Gasteiger partial charge in [0, 0.05) is 69.0 Å². The highest BCUT2D eigenvalue weighted by Crippen LogP contribution is 2.54. The van der Waals surface area contributed by atoms with Crippen molar-refractivity contribution in [1.29, 1.82) is 0 Å². The second kappa shape index (κ2) is 13.0. The van der Waals surface area contributed by atoms with Gasteiger partial charge in [-0.25, -0.2) is 9.59 Å². The van der Waals surface area contributed by atoms with E-state index in [0.717, 1.165) is 22.8 Å². The van der Waals surface area contributed by atoms with Gasteiger partial charge in [0.25, 0.3) is 0 Å². The van der Waals surface area contributed by atoms with E-state index in [1.165, 1.54) is 0 Å². The minimum absolute atomic E-state index is 0.0173. The average molecular weight is 655 g/mol. The largest absolute Gasteiger partial charge is 0.507 e. The van der Waals surface area contributed by atoms with E-state index < -0.39 is 22.8 Å². The Balaban J connectivity index is 1.45. The lowest BCUT2D eigenvalue weighted by molar-refractivity contribution is -0.111. The van der Waals surface area contributed by atoms with Crippen LogP contribution in [0, 0.1) is 0 Å². The lowest BCUT2D eigenvalue weighted by atomic mass is 9.82. The lowest BCUT2D eigenvalue weighted by Gasteiger charge is -2.26. The van der Waals surface area contributed by atoms with Crippen LogP contribution in [0.2, 0.25) is 0 Å². The number of nitrogens with zero attached hydrogens (tertiary/aromatic N) is 2. The van der Waals surface area contributed by atoms with Gasteiger partial charge in [-0.1, -0.05) is 39.8 Å². The fourth-order valence-electron chi connectivity index (χ4n) is 7.44. The van der Waals surface area contributed by atoms with E-state index in [1.54, 1.807) is 26.0 Å². The van der Waals surface area contributed by atoms with Gasteiger partial charge in [-0.2, -0.15) is 0 Å². The highest BCUT2D eigenvalue weighted by molar-refractivity contribution is 6.11. The topological polar surface area (TPSA) is 117 Å². The fourth-order valence-corrected chi connectivity index (χ4v) is 7.44. The number of hydrogen-bond acceptors (Lipinski definition) is 9. The van der Waals surface area contributed by atoms with E-state index in [4.69, 9.17) is 9.47 Å². The van der Waals surface area contributed by atoms with Crippen molar-refractivity contribution in [1.82, 2.24) is 0 Å². The molecule has 9 nitrogen and oxygen atoms in total. The molecule has 0 unspecified atom stereocenters. The van der Waals surface area contributed by atoms with Gasteiger partial charge in [-0.05, 0) is 77.0 Å².